The first-order valence-corrected chi connectivity index (χ1v) is 11.5. The normalized spacial score (nSPS) is 11.3. The number of phenolic OH excluding ortho intramolecular Hbond substituents is 1. The van der Waals surface area contributed by atoms with Crippen LogP contribution in [-0.2, 0) is 4.79 Å². The molecule has 0 aliphatic rings. The van der Waals surface area contributed by atoms with Crippen LogP contribution < -0.4 is 15.6 Å². The van der Waals surface area contributed by atoms with Crippen LogP contribution in [0.3, 0.4) is 0 Å². The van der Waals surface area contributed by atoms with Crippen LogP contribution in [-0.4, -0.2) is 36.2 Å². The third-order valence-corrected chi connectivity index (χ3v) is 5.46. The van der Waals surface area contributed by atoms with Crippen LogP contribution >= 0.6 is 11.6 Å². The molecule has 0 fully saturated rings. The fourth-order valence-corrected chi connectivity index (χ4v) is 3.51. The number of phenols is 1. The Morgan fingerprint density at radius 2 is 1.69 bits per heavy atom. The van der Waals surface area contributed by atoms with Gasteiger partial charge in [0.15, 0.2) is 0 Å². The molecule has 0 aliphatic heterocycles. The zero-order valence-electron chi connectivity index (χ0n) is 19.5. The Hall–Kier alpha value is -4.10. The summed E-state index contributed by atoms with van der Waals surface area (Å²) in [6.07, 6.45) is 2.85. The van der Waals surface area contributed by atoms with E-state index >= 15 is 0 Å². The van der Waals surface area contributed by atoms with E-state index in [1.165, 1.54) is 24.4 Å². The molecule has 8 heteroatoms. The lowest BCUT2D eigenvalue weighted by Crippen LogP contribution is -2.32. The standard InChI is InChI=1S/C27H27ClN4O3/c1-3-32(4-2)23-13-10-19(11-14-23)16-24(30-26(34)20-8-6-5-7-9-20)27(35)31-29-18-21-17-22(28)12-15-25(21)33/h5-18,33H,3-4H2,1-2H3,(H,30,34)(H,31,35)/b24-16?,29-18+. The Balaban J connectivity index is 1.84. The lowest BCUT2D eigenvalue weighted by atomic mass is 10.1. The van der Waals surface area contributed by atoms with Crippen LogP contribution in [0, 0.1) is 0 Å². The Morgan fingerprint density at radius 1 is 1.00 bits per heavy atom. The number of halogens is 1. The number of rotatable bonds is 9. The van der Waals surface area contributed by atoms with Gasteiger partial charge in [0, 0.05) is 34.9 Å². The van der Waals surface area contributed by atoms with Crippen LogP contribution in [0.25, 0.3) is 6.08 Å². The third kappa shape index (κ3) is 7.19. The van der Waals surface area contributed by atoms with Crippen LogP contribution in [0.5, 0.6) is 5.75 Å². The molecule has 35 heavy (non-hydrogen) atoms. The summed E-state index contributed by atoms with van der Waals surface area (Å²) in [5.74, 6) is -1.09. The quantitative estimate of drug-likeness (QED) is 0.228. The number of hydrazone groups is 1. The monoisotopic (exact) mass is 490 g/mol. The van der Waals surface area contributed by atoms with Crippen LogP contribution in [0.4, 0.5) is 5.69 Å². The van der Waals surface area contributed by atoms with E-state index in [0.717, 1.165) is 24.3 Å². The summed E-state index contributed by atoms with van der Waals surface area (Å²) in [6, 6.07) is 20.8. The van der Waals surface area contributed by atoms with E-state index < -0.39 is 11.8 Å². The van der Waals surface area contributed by atoms with Crippen molar-refractivity contribution in [3.63, 3.8) is 0 Å². The highest BCUT2D eigenvalue weighted by molar-refractivity contribution is 6.30. The van der Waals surface area contributed by atoms with Crippen molar-refractivity contribution in [1.82, 2.24) is 10.7 Å². The Morgan fingerprint density at radius 3 is 2.34 bits per heavy atom. The summed E-state index contributed by atoms with van der Waals surface area (Å²) in [4.78, 5) is 27.8. The van der Waals surface area contributed by atoms with Gasteiger partial charge in [-0.15, -0.1) is 0 Å². The Kier molecular flexibility index (Phi) is 9.03. The van der Waals surface area contributed by atoms with Crippen molar-refractivity contribution in [2.75, 3.05) is 18.0 Å². The van der Waals surface area contributed by atoms with Gasteiger partial charge in [0.05, 0.1) is 6.21 Å². The van der Waals surface area contributed by atoms with E-state index in [1.807, 2.05) is 24.3 Å². The molecule has 0 radical (unpaired) electrons. The predicted octanol–water partition coefficient (Wildman–Crippen LogP) is 4.81. The predicted molar refractivity (Wildman–Crippen MR) is 141 cm³/mol. The molecule has 3 rings (SSSR count). The first-order chi connectivity index (χ1) is 16.9. The molecule has 0 aliphatic carbocycles. The largest absolute Gasteiger partial charge is 0.507 e. The first kappa shape index (κ1) is 25.5. The average molecular weight is 491 g/mol. The van der Waals surface area contributed by atoms with Crippen LogP contribution in [0.15, 0.2) is 83.6 Å². The number of carbonyl (C=O) groups is 2. The number of hydrogen-bond donors (Lipinski definition) is 3. The van der Waals surface area contributed by atoms with E-state index in [1.54, 1.807) is 36.4 Å². The molecule has 0 saturated carbocycles. The number of hydrogen-bond acceptors (Lipinski definition) is 5. The fourth-order valence-electron chi connectivity index (χ4n) is 3.33. The summed E-state index contributed by atoms with van der Waals surface area (Å²) < 4.78 is 0. The molecule has 0 aromatic heterocycles. The molecular formula is C27H27ClN4O3. The van der Waals surface area contributed by atoms with Crippen molar-refractivity contribution in [2.24, 2.45) is 5.10 Å². The second-order valence-corrected chi connectivity index (χ2v) is 7.98. The number of nitrogens with zero attached hydrogens (tertiary/aromatic N) is 2. The van der Waals surface area contributed by atoms with Gasteiger partial charge < -0.3 is 15.3 Å². The van der Waals surface area contributed by atoms with Gasteiger partial charge in [-0.3, -0.25) is 9.59 Å². The van der Waals surface area contributed by atoms with E-state index in [4.69, 9.17) is 11.6 Å². The number of anilines is 1. The van der Waals surface area contributed by atoms with Gasteiger partial charge in [0.2, 0.25) is 0 Å². The summed E-state index contributed by atoms with van der Waals surface area (Å²) in [7, 11) is 0. The summed E-state index contributed by atoms with van der Waals surface area (Å²) >= 11 is 5.94. The molecule has 0 spiro atoms. The van der Waals surface area contributed by atoms with Crippen molar-refractivity contribution < 1.29 is 14.7 Å². The maximum atomic E-state index is 12.9. The topological polar surface area (TPSA) is 94.0 Å². The summed E-state index contributed by atoms with van der Waals surface area (Å²) in [6.45, 7) is 5.93. The SMILES string of the molecule is CCN(CC)c1ccc(C=C(NC(=O)c2ccccc2)C(=O)N/N=C/c2cc(Cl)ccc2O)cc1. The highest BCUT2D eigenvalue weighted by atomic mass is 35.5. The molecule has 3 aromatic carbocycles. The van der Waals surface area contributed by atoms with E-state index in [2.05, 4.69) is 34.6 Å². The van der Waals surface area contributed by atoms with Crippen LogP contribution in [0.2, 0.25) is 5.02 Å². The van der Waals surface area contributed by atoms with Crippen molar-refractivity contribution in [3.05, 3.63) is 100 Å². The van der Waals surface area contributed by atoms with Crippen molar-refractivity contribution in [1.29, 1.82) is 0 Å². The molecular weight excluding hydrogens is 464 g/mol. The molecule has 0 atom stereocenters. The van der Waals surface area contributed by atoms with Gasteiger partial charge in [-0.2, -0.15) is 5.10 Å². The number of carbonyl (C=O) groups excluding carboxylic acids is 2. The number of amides is 2. The van der Waals surface area contributed by atoms with Crippen molar-refractivity contribution in [2.45, 2.75) is 13.8 Å². The van der Waals surface area contributed by atoms with Gasteiger partial charge in [-0.25, -0.2) is 5.43 Å². The second-order valence-electron chi connectivity index (χ2n) is 7.54. The minimum atomic E-state index is -0.625. The Labute approximate surface area is 209 Å². The molecule has 0 bridgehead atoms. The molecule has 0 unspecified atom stereocenters. The first-order valence-electron chi connectivity index (χ1n) is 11.2. The zero-order valence-corrected chi connectivity index (χ0v) is 20.3. The highest BCUT2D eigenvalue weighted by Gasteiger charge is 2.14. The van der Waals surface area contributed by atoms with Gasteiger partial charge in [-0.05, 0) is 68.0 Å². The minimum Gasteiger partial charge on any atom is -0.507 e. The molecule has 0 saturated heterocycles. The maximum absolute atomic E-state index is 12.9. The zero-order chi connectivity index (χ0) is 25.2. The number of aromatic hydroxyl groups is 1. The van der Waals surface area contributed by atoms with Crippen molar-refractivity contribution >= 4 is 41.4 Å². The smallest absolute Gasteiger partial charge is 0.287 e. The maximum Gasteiger partial charge on any atom is 0.287 e. The number of benzene rings is 3. The third-order valence-electron chi connectivity index (χ3n) is 5.22. The van der Waals surface area contributed by atoms with Crippen LogP contribution in [0.1, 0.15) is 35.3 Å². The molecule has 180 valence electrons. The van der Waals surface area contributed by atoms with E-state index in [0.29, 0.717) is 16.1 Å². The van der Waals surface area contributed by atoms with E-state index in [9.17, 15) is 14.7 Å². The average Bonchev–Trinajstić information content (AvgIpc) is 2.87. The molecule has 7 nitrogen and oxygen atoms in total. The van der Waals surface area contributed by atoms with Gasteiger partial charge >= 0.3 is 0 Å². The minimum absolute atomic E-state index is 0.0157. The van der Waals surface area contributed by atoms with E-state index in [-0.39, 0.29) is 11.4 Å². The lowest BCUT2D eigenvalue weighted by Gasteiger charge is -2.20. The van der Waals surface area contributed by atoms with Gasteiger partial charge in [0.1, 0.15) is 11.4 Å². The fraction of sp³-hybridized carbons (Fsp3) is 0.148. The second kappa shape index (κ2) is 12.4. The van der Waals surface area contributed by atoms with Gasteiger partial charge in [0.25, 0.3) is 11.8 Å². The summed E-state index contributed by atoms with van der Waals surface area (Å²) in [5.41, 5.74) is 4.95. The molecule has 0 heterocycles. The van der Waals surface area contributed by atoms with Crippen molar-refractivity contribution in [3.8, 4) is 5.75 Å². The summed E-state index contributed by atoms with van der Waals surface area (Å²) in [5, 5.41) is 16.9. The highest BCUT2D eigenvalue weighted by Crippen LogP contribution is 2.20. The van der Waals surface area contributed by atoms with Gasteiger partial charge in [-0.1, -0.05) is 41.9 Å². The molecule has 3 N–H and O–H groups in total. The molecule has 2 amide bonds. The lowest BCUT2D eigenvalue weighted by molar-refractivity contribution is -0.117. The molecule has 3 aromatic rings. The Bertz CT molecular complexity index is 1220. The number of nitrogens with one attached hydrogen (secondary N) is 2.